The summed E-state index contributed by atoms with van der Waals surface area (Å²) in [5.41, 5.74) is 0.704. The van der Waals surface area contributed by atoms with Crippen LogP contribution in [-0.2, 0) is 16.1 Å². The second-order valence-corrected chi connectivity index (χ2v) is 4.37. The van der Waals surface area contributed by atoms with Crippen LogP contribution < -0.4 is 0 Å². The van der Waals surface area contributed by atoms with Gasteiger partial charge in [-0.1, -0.05) is 29.4 Å². The summed E-state index contributed by atoms with van der Waals surface area (Å²) in [5.74, 6) is 0. The largest absolute Gasteiger partial charge is 0.379 e. The maximum atomic E-state index is 5.80. The van der Waals surface area contributed by atoms with Crippen molar-refractivity contribution in [1.29, 1.82) is 0 Å². The van der Waals surface area contributed by atoms with Crippen molar-refractivity contribution in [1.82, 2.24) is 9.59 Å². The smallest absolute Gasteiger partial charge is 0.139 e. The lowest BCUT2D eigenvalue weighted by molar-refractivity contribution is 0.0386. The Morgan fingerprint density at radius 3 is 2.73 bits per heavy atom. The second kappa shape index (κ2) is 7.98. The maximum Gasteiger partial charge on any atom is 0.139 e. The van der Waals surface area contributed by atoms with E-state index in [0.29, 0.717) is 29.9 Å². The van der Waals surface area contributed by atoms with E-state index in [1.807, 2.05) is 0 Å². The summed E-state index contributed by atoms with van der Waals surface area (Å²) in [7, 11) is 0. The molecule has 0 aliphatic carbocycles. The van der Waals surface area contributed by atoms with Crippen molar-refractivity contribution >= 4 is 23.1 Å². The first-order valence-corrected chi connectivity index (χ1v) is 6.12. The van der Waals surface area contributed by atoms with Gasteiger partial charge in [0.25, 0.3) is 0 Å². The Morgan fingerprint density at radius 2 is 2.07 bits per heavy atom. The minimum absolute atomic E-state index is 0.409. The van der Waals surface area contributed by atoms with Crippen LogP contribution in [0.5, 0.6) is 0 Å². The molecule has 4 nitrogen and oxygen atoms in total. The van der Waals surface area contributed by atoms with Crippen LogP contribution >= 0.6 is 23.1 Å². The maximum absolute atomic E-state index is 5.80. The highest BCUT2D eigenvalue weighted by Gasteiger charge is 2.04. The lowest BCUT2D eigenvalue weighted by Gasteiger charge is -2.03. The normalized spacial score (nSPS) is 10.8. The van der Waals surface area contributed by atoms with E-state index in [2.05, 4.69) is 16.5 Å². The lowest BCUT2D eigenvalue weighted by Crippen LogP contribution is -2.05. The third kappa shape index (κ3) is 5.41. The van der Waals surface area contributed by atoms with Crippen molar-refractivity contribution in [2.24, 2.45) is 0 Å². The van der Waals surface area contributed by atoms with Gasteiger partial charge < -0.3 is 9.47 Å². The molecule has 1 rings (SSSR count). The Morgan fingerprint density at radius 1 is 1.27 bits per heavy atom. The van der Waals surface area contributed by atoms with E-state index in [1.54, 1.807) is 0 Å². The zero-order valence-electron chi connectivity index (χ0n) is 8.74. The Bertz CT molecular complexity index is 270. The summed E-state index contributed by atoms with van der Waals surface area (Å²) in [6, 6.07) is 0. The molecule has 0 saturated heterocycles. The third-order valence-electron chi connectivity index (χ3n) is 1.76. The van der Waals surface area contributed by atoms with E-state index in [0.717, 1.165) is 19.4 Å². The van der Waals surface area contributed by atoms with Crippen LogP contribution in [0, 0.1) is 0 Å². The zero-order valence-corrected chi connectivity index (χ0v) is 10.3. The number of halogens is 1. The molecule has 0 N–H and O–H groups in total. The molecule has 0 spiro atoms. The molecule has 0 bridgehead atoms. The summed E-state index contributed by atoms with van der Waals surface area (Å²) >= 11 is 6.98. The molecule has 1 aromatic heterocycles. The summed E-state index contributed by atoms with van der Waals surface area (Å²) in [6.07, 6.45) is 2.25. The van der Waals surface area contributed by atoms with Gasteiger partial charge in [-0.2, -0.15) is 0 Å². The summed E-state index contributed by atoms with van der Waals surface area (Å²) in [4.78, 5) is 0. The molecule has 0 aliphatic rings. The molecule has 1 heterocycles. The highest BCUT2D eigenvalue weighted by molar-refractivity contribution is 7.10. The van der Waals surface area contributed by atoms with Crippen LogP contribution in [0.15, 0.2) is 0 Å². The van der Waals surface area contributed by atoms with Crippen LogP contribution in [-0.4, -0.2) is 29.4 Å². The van der Waals surface area contributed by atoms with Gasteiger partial charge in [-0.05, 0) is 6.42 Å². The van der Waals surface area contributed by atoms with E-state index in [9.17, 15) is 0 Å². The van der Waals surface area contributed by atoms with Crippen molar-refractivity contribution in [2.75, 3.05) is 19.8 Å². The van der Waals surface area contributed by atoms with Crippen molar-refractivity contribution < 1.29 is 9.47 Å². The van der Waals surface area contributed by atoms with Crippen LogP contribution in [0.1, 0.15) is 25.5 Å². The predicted octanol–water partition coefficient (Wildman–Crippen LogP) is 2.52. The highest BCUT2D eigenvalue weighted by Crippen LogP contribution is 2.17. The quantitative estimate of drug-likeness (QED) is 0.665. The van der Waals surface area contributed by atoms with Gasteiger partial charge in [-0.3, -0.25) is 0 Å². The first kappa shape index (κ1) is 12.8. The van der Waals surface area contributed by atoms with Crippen molar-refractivity contribution in [3.8, 4) is 0 Å². The van der Waals surface area contributed by atoms with Crippen LogP contribution in [0.2, 0.25) is 4.34 Å². The van der Waals surface area contributed by atoms with E-state index in [1.165, 1.54) is 11.5 Å². The van der Waals surface area contributed by atoms with Crippen LogP contribution in [0.25, 0.3) is 0 Å². The number of rotatable bonds is 8. The fourth-order valence-corrected chi connectivity index (χ4v) is 1.52. The van der Waals surface area contributed by atoms with Gasteiger partial charge in [0.2, 0.25) is 0 Å². The predicted molar refractivity (Wildman–Crippen MR) is 60.3 cm³/mol. The first-order chi connectivity index (χ1) is 7.34. The number of nitrogens with zero attached hydrogens (tertiary/aromatic N) is 2. The Hall–Kier alpha value is -0.230. The third-order valence-corrected chi connectivity index (χ3v) is 2.75. The molecule has 0 aromatic carbocycles. The van der Waals surface area contributed by atoms with E-state index < -0.39 is 0 Å². The van der Waals surface area contributed by atoms with Crippen LogP contribution in [0.3, 0.4) is 0 Å². The minimum atomic E-state index is 0.409. The molecule has 0 saturated carbocycles. The monoisotopic (exact) mass is 250 g/mol. The van der Waals surface area contributed by atoms with Gasteiger partial charge in [0.05, 0.1) is 19.8 Å². The summed E-state index contributed by atoms with van der Waals surface area (Å²) < 4.78 is 15.0. The Balaban J connectivity index is 1.96. The van der Waals surface area contributed by atoms with E-state index >= 15 is 0 Å². The van der Waals surface area contributed by atoms with Gasteiger partial charge in [0, 0.05) is 18.1 Å². The Kier molecular flexibility index (Phi) is 6.83. The zero-order chi connectivity index (χ0) is 10.9. The molecule has 0 radical (unpaired) electrons. The number of aromatic nitrogens is 2. The average molecular weight is 251 g/mol. The lowest BCUT2D eigenvalue weighted by atomic mass is 10.4. The fraction of sp³-hybridized carbons (Fsp3) is 0.778. The SMILES string of the molecule is CCCCOCCOCc1nnsc1Cl. The van der Waals surface area contributed by atoms with Gasteiger partial charge in [-0.15, -0.1) is 5.10 Å². The van der Waals surface area contributed by atoms with Gasteiger partial charge in [0.15, 0.2) is 0 Å². The van der Waals surface area contributed by atoms with E-state index in [4.69, 9.17) is 21.1 Å². The van der Waals surface area contributed by atoms with Crippen LogP contribution in [0.4, 0.5) is 0 Å². The molecule has 0 atom stereocenters. The Labute approximate surface area is 98.7 Å². The number of unbranched alkanes of at least 4 members (excludes halogenated alkanes) is 1. The van der Waals surface area contributed by atoms with Gasteiger partial charge in [0.1, 0.15) is 10.0 Å². The number of hydrogen-bond acceptors (Lipinski definition) is 5. The summed E-state index contributed by atoms with van der Waals surface area (Å²) in [6.45, 7) is 4.54. The van der Waals surface area contributed by atoms with Crippen molar-refractivity contribution in [3.63, 3.8) is 0 Å². The molecule has 0 amide bonds. The van der Waals surface area contributed by atoms with Gasteiger partial charge >= 0.3 is 0 Å². The molecule has 0 fully saturated rings. The molecule has 1 aromatic rings. The van der Waals surface area contributed by atoms with Crippen molar-refractivity contribution in [3.05, 3.63) is 10.0 Å². The molecule has 0 aliphatic heterocycles. The molecule has 86 valence electrons. The molecule has 0 unspecified atom stereocenters. The van der Waals surface area contributed by atoms with E-state index in [-0.39, 0.29) is 0 Å². The number of hydrogen-bond donors (Lipinski definition) is 0. The first-order valence-electron chi connectivity index (χ1n) is 4.96. The molecule has 6 heteroatoms. The topological polar surface area (TPSA) is 44.2 Å². The van der Waals surface area contributed by atoms with Crippen molar-refractivity contribution in [2.45, 2.75) is 26.4 Å². The second-order valence-electron chi connectivity index (χ2n) is 3.01. The number of ether oxygens (including phenoxy) is 2. The van der Waals surface area contributed by atoms with Gasteiger partial charge in [-0.25, -0.2) is 0 Å². The average Bonchev–Trinajstić information content (AvgIpc) is 2.63. The molecule has 15 heavy (non-hydrogen) atoms. The minimum Gasteiger partial charge on any atom is -0.379 e. The highest BCUT2D eigenvalue weighted by atomic mass is 35.5. The molecular weight excluding hydrogens is 236 g/mol. The fourth-order valence-electron chi connectivity index (χ4n) is 0.918. The standard InChI is InChI=1S/C9H15ClN2O2S/c1-2-3-4-13-5-6-14-7-8-9(10)15-12-11-8/h2-7H2,1H3. The summed E-state index contributed by atoms with van der Waals surface area (Å²) in [5, 5.41) is 3.83. The molecular formula is C9H15ClN2O2S.